The largest absolute Gasteiger partial charge is 0.309 e. The lowest BCUT2D eigenvalue weighted by Gasteiger charge is -2.20. The summed E-state index contributed by atoms with van der Waals surface area (Å²) >= 11 is 0. The van der Waals surface area contributed by atoms with Crippen LogP contribution in [-0.2, 0) is 0 Å². The van der Waals surface area contributed by atoms with Gasteiger partial charge in [-0.05, 0) is 138 Å². The first kappa shape index (κ1) is 64.6. The van der Waals surface area contributed by atoms with Gasteiger partial charge in [0, 0.05) is 93.9 Å². The molecule has 0 aliphatic rings. The van der Waals surface area contributed by atoms with Crippen molar-refractivity contribution in [2.24, 2.45) is 0 Å². The number of aromatic nitrogens is 5. The number of hydrogen-bond acceptors (Lipinski definition) is 10. The minimum atomic E-state index is 0.0572. The van der Waals surface area contributed by atoms with Gasteiger partial charge in [0.1, 0.15) is 0 Å². The minimum Gasteiger partial charge on any atom is -0.309 e. The molecule has 0 aliphatic carbocycles. The molecular weight excluding hydrogens is 1310 g/mol. The van der Waals surface area contributed by atoms with E-state index in [1.165, 1.54) is 48.5 Å². The van der Waals surface area contributed by atoms with Crippen molar-refractivity contribution >= 4 is 77.7 Å². The Morgan fingerprint density at radius 3 is 0.972 bits per heavy atom. The highest BCUT2D eigenvalue weighted by atomic mass is 15.0. The molecule has 0 saturated carbocycles. The molecule has 0 aliphatic heterocycles. The van der Waals surface area contributed by atoms with Crippen LogP contribution in [0.4, 0.5) is 34.1 Å². The summed E-state index contributed by atoms with van der Waals surface area (Å²) in [7, 11) is 0. The average molecular weight is 1350 g/mol. The molecule has 0 saturated heterocycles. The second-order valence-electron chi connectivity index (χ2n) is 24.2. The fourth-order valence-electron chi connectivity index (χ4n) is 13.9. The van der Waals surface area contributed by atoms with E-state index >= 15 is 0 Å². The zero-order chi connectivity index (χ0) is 73.4. The van der Waals surface area contributed by atoms with E-state index in [-0.39, 0.29) is 84.2 Å². The normalized spacial score (nSPS) is 10.5. The van der Waals surface area contributed by atoms with E-state index in [2.05, 4.69) is 71.6 Å². The summed E-state index contributed by atoms with van der Waals surface area (Å²) in [5.74, 6) is 1.07. The molecule has 0 atom stereocenters. The van der Waals surface area contributed by atoms with Crippen LogP contribution in [0.1, 0.15) is 38.9 Å². The standard InChI is InChI=1S/C88H36N18/c1-96-64-34-62(48-94)84(74(41-64)100-5)57-18-24-77-68(38-57)69-39-58(85-63(49-95)35-65(97-2)42-75(85)101-6)19-25-78(69)105(77)76-28-22-59(88-103-86(53-13-9-7-10-14-53)102-87(104-88)54-15-11-8-12-16-54)40-67(76)66-23-17-50(43-89)33-81(66)106-79-26-20-55(82-60(46-92)29-51(44-90)31-72(82)98-3)36-70(79)71-37-56(21-27-80(71)106)83-61(47-93)30-52(45-91)32-73(83)99-4/h7-42H. The second kappa shape index (κ2) is 26.5. The van der Waals surface area contributed by atoms with E-state index < -0.39 is 0 Å². The van der Waals surface area contributed by atoms with Crippen molar-refractivity contribution in [3.63, 3.8) is 0 Å². The van der Waals surface area contributed by atoms with Gasteiger partial charge in [0.2, 0.25) is 0 Å². The molecule has 0 spiro atoms. The Balaban J connectivity index is 1.08. The first-order valence-corrected chi connectivity index (χ1v) is 32.1. The topological polar surface area (TPSA) is 241 Å². The maximum Gasteiger partial charge on any atom is 0.197 e. The van der Waals surface area contributed by atoms with Crippen LogP contribution in [-0.4, -0.2) is 24.1 Å². The van der Waals surface area contributed by atoms with Crippen LogP contribution < -0.4 is 0 Å². The summed E-state index contributed by atoms with van der Waals surface area (Å²) in [5, 5.41) is 76.2. The summed E-state index contributed by atoms with van der Waals surface area (Å²) in [5.41, 5.74) is 10.7. The van der Waals surface area contributed by atoms with Crippen LogP contribution in [0.3, 0.4) is 0 Å². The van der Waals surface area contributed by atoms with Gasteiger partial charge in [-0.15, -0.1) is 0 Å². The predicted molar refractivity (Wildman–Crippen MR) is 403 cm³/mol. The molecule has 478 valence electrons. The first-order valence-electron chi connectivity index (χ1n) is 32.1. The molecule has 3 aromatic heterocycles. The van der Waals surface area contributed by atoms with Crippen molar-refractivity contribution in [3.05, 3.63) is 326 Å². The number of hydrogen-bond donors (Lipinski definition) is 0. The van der Waals surface area contributed by atoms with Gasteiger partial charge in [0.25, 0.3) is 0 Å². The lowest BCUT2D eigenvalue weighted by Crippen LogP contribution is -2.04. The van der Waals surface area contributed by atoms with Gasteiger partial charge in [-0.3, -0.25) is 0 Å². The molecule has 18 heteroatoms. The minimum absolute atomic E-state index is 0.0572. The third-order valence-corrected chi connectivity index (χ3v) is 18.5. The molecule has 18 nitrogen and oxygen atoms in total. The average Bonchev–Trinajstić information content (AvgIpc) is 1.55. The lowest BCUT2D eigenvalue weighted by molar-refractivity contribution is 1.07. The highest BCUT2D eigenvalue weighted by Crippen LogP contribution is 2.49. The zero-order valence-corrected chi connectivity index (χ0v) is 54.8. The number of benzene rings is 12. The van der Waals surface area contributed by atoms with Gasteiger partial charge in [-0.2, -0.15) is 36.8 Å². The molecule has 0 amide bonds. The number of fused-ring (bicyclic) bond motifs is 6. The molecule has 0 radical (unpaired) electrons. The van der Waals surface area contributed by atoms with Crippen molar-refractivity contribution in [2.75, 3.05) is 0 Å². The fourth-order valence-corrected chi connectivity index (χ4v) is 13.9. The van der Waals surface area contributed by atoms with Gasteiger partial charge in [0.05, 0.1) is 132 Å². The van der Waals surface area contributed by atoms with E-state index in [1.54, 1.807) is 36.4 Å². The van der Waals surface area contributed by atoms with Gasteiger partial charge >= 0.3 is 0 Å². The molecule has 0 N–H and O–H groups in total. The van der Waals surface area contributed by atoms with Crippen LogP contribution in [0.2, 0.25) is 0 Å². The Morgan fingerprint density at radius 1 is 0.264 bits per heavy atom. The van der Waals surface area contributed by atoms with Gasteiger partial charge in [-0.25, -0.2) is 44.0 Å². The number of rotatable bonds is 10. The third kappa shape index (κ3) is 10.8. The highest BCUT2D eigenvalue weighted by molar-refractivity contribution is 6.15. The Kier molecular flexibility index (Phi) is 16.1. The van der Waals surface area contributed by atoms with E-state index in [1.807, 2.05) is 143 Å². The summed E-state index contributed by atoms with van der Waals surface area (Å²) in [6, 6.07) is 78.9. The monoisotopic (exact) mass is 1340 g/mol. The Bertz CT molecular complexity index is 6560. The first-order chi connectivity index (χ1) is 51.9. The summed E-state index contributed by atoms with van der Waals surface area (Å²) in [6.45, 7) is 48.9. The second-order valence-corrected chi connectivity index (χ2v) is 24.2. The molecule has 106 heavy (non-hydrogen) atoms. The maximum absolute atomic E-state index is 11.1. The predicted octanol–water partition coefficient (Wildman–Crippen LogP) is 21.8. The van der Waals surface area contributed by atoms with Crippen molar-refractivity contribution in [1.29, 1.82) is 36.8 Å². The quantitative estimate of drug-likeness (QED) is 0.117. The molecule has 15 aromatic rings. The summed E-state index contributed by atoms with van der Waals surface area (Å²) < 4.78 is 4.04. The van der Waals surface area contributed by atoms with Crippen molar-refractivity contribution in [1.82, 2.24) is 24.1 Å². The van der Waals surface area contributed by atoms with Crippen LogP contribution >= 0.6 is 0 Å². The number of nitrogens with zero attached hydrogens (tertiary/aromatic N) is 18. The Morgan fingerprint density at radius 2 is 0.613 bits per heavy atom. The molecule has 12 aromatic carbocycles. The smallest absolute Gasteiger partial charge is 0.197 e. The molecule has 3 heterocycles. The number of nitriles is 7. The molecule has 0 fully saturated rings. The molecule has 15 rings (SSSR count). The van der Waals surface area contributed by atoms with Crippen LogP contribution in [0.15, 0.2) is 218 Å². The van der Waals surface area contributed by atoms with Crippen LogP contribution in [0, 0.1) is 119 Å². The highest BCUT2D eigenvalue weighted by Gasteiger charge is 2.27. The van der Waals surface area contributed by atoms with Gasteiger partial charge < -0.3 is 9.13 Å². The summed E-state index contributed by atoms with van der Waals surface area (Å²) in [6.07, 6.45) is 0. The SMILES string of the molecule is [C-]#[N+]c1cc(C#N)c(-c2ccc3c(c2)c2cc(-c4c(C#N)cc([N+]#[C-])cc4[N+]#[C-])ccc2n3-c2ccc(-c3nc(-c4ccccc4)nc(-c4ccccc4)n3)cc2-c2ccc(C#N)cc2-n2c3ccc(-c4c(C#N)cc(C#N)cc4[N+]#[C-])cc3c3cc(-c4c(C#N)cc(C#N)cc4[N+]#[C-])ccc32)c([N+]#[C-])c1. The lowest BCUT2D eigenvalue weighted by atomic mass is 9.93. The van der Waals surface area contributed by atoms with Gasteiger partial charge in [0.15, 0.2) is 51.6 Å². The van der Waals surface area contributed by atoms with Crippen LogP contribution in [0.25, 0.3) is 174 Å². The van der Waals surface area contributed by atoms with Gasteiger partial charge in [-0.1, -0.05) is 103 Å². The van der Waals surface area contributed by atoms with Crippen molar-refractivity contribution < 1.29 is 0 Å². The molecular formula is C88H36N18. The third-order valence-electron chi connectivity index (χ3n) is 18.5. The fraction of sp³-hybridized carbons (Fsp3) is 0. The molecule has 0 bridgehead atoms. The Labute approximate surface area is 604 Å². The molecule has 0 unspecified atom stereocenters. The van der Waals surface area contributed by atoms with Crippen LogP contribution in [0.5, 0.6) is 0 Å². The summed E-state index contributed by atoms with van der Waals surface area (Å²) in [4.78, 5) is 37.7. The van der Waals surface area contributed by atoms with Crippen molar-refractivity contribution in [3.8, 4) is 144 Å². The van der Waals surface area contributed by atoms with E-state index in [4.69, 9.17) is 54.4 Å². The Hall–Kier alpha value is -17.4. The van der Waals surface area contributed by atoms with E-state index in [0.29, 0.717) is 123 Å². The van der Waals surface area contributed by atoms with E-state index in [0.717, 1.165) is 11.1 Å². The van der Waals surface area contributed by atoms with E-state index in [9.17, 15) is 36.8 Å². The van der Waals surface area contributed by atoms with Crippen molar-refractivity contribution in [2.45, 2.75) is 0 Å². The maximum atomic E-state index is 11.1. The zero-order valence-electron chi connectivity index (χ0n) is 54.8.